The van der Waals surface area contributed by atoms with Crippen molar-refractivity contribution in [3.8, 4) is 0 Å². The van der Waals surface area contributed by atoms with Gasteiger partial charge in [0.1, 0.15) is 0 Å². The highest BCUT2D eigenvalue weighted by atomic mass is 16.3. The number of hydrogen-bond acceptors (Lipinski definition) is 2. The molecule has 2 rings (SSSR count). The Morgan fingerprint density at radius 2 is 1.74 bits per heavy atom. The van der Waals surface area contributed by atoms with E-state index in [4.69, 9.17) is 0 Å². The second kappa shape index (κ2) is 6.06. The third-order valence-corrected chi connectivity index (χ3v) is 4.39. The number of nitrogens with zero attached hydrogens (tertiary/aromatic N) is 1. The predicted molar refractivity (Wildman–Crippen MR) is 80.3 cm³/mol. The molecule has 1 saturated heterocycles. The Labute approximate surface area is 117 Å². The zero-order valence-corrected chi connectivity index (χ0v) is 12.5. The maximum atomic E-state index is 10.8. The van der Waals surface area contributed by atoms with Gasteiger partial charge in [0.25, 0.3) is 0 Å². The number of likely N-dealkylation sites (tertiary alicyclic amines) is 1. The molecular weight excluding hydrogens is 234 g/mol. The van der Waals surface area contributed by atoms with Crippen molar-refractivity contribution in [1.29, 1.82) is 0 Å². The Kier molecular flexibility index (Phi) is 4.64. The summed E-state index contributed by atoms with van der Waals surface area (Å²) >= 11 is 0. The average Bonchev–Trinajstić information content (AvgIpc) is 2.40. The van der Waals surface area contributed by atoms with Gasteiger partial charge in [0.05, 0.1) is 5.60 Å². The largest absolute Gasteiger partial charge is 0.385 e. The molecule has 2 heteroatoms. The van der Waals surface area contributed by atoms with Crippen molar-refractivity contribution in [2.24, 2.45) is 0 Å². The molecule has 19 heavy (non-hydrogen) atoms. The Balaban J connectivity index is 2.04. The van der Waals surface area contributed by atoms with Crippen LogP contribution in [-0.2, 0) is 12.0 Å². The third kappa shape index (κ3) is 3.37. The second-order valence-corrected chi connectivity index (χ2v) is 6.11. The minimum atomic E-state index is -0.615. The van der Waals surface area contributed by atoms with E-state index in [-0.39, 0.29) is 0 Å². The zero-order valence-electron chi connectivity index (χ0n) is 12.5. The molecular formula is C17H27NO. The van der Waals surface area contributed by atoms with Gasteiger partial charge in [0.15, 0.2) is 0 Å². The summed E-state index contributed by atoms with van der Waals surface area (Å²) in [5.41, 5.74) is 1.85. The van der Waals surface area contributed by atoms with Crippen LogP contribution in [-0.4, -0.2) is 29.1 Å². The molecule has 1 aliphatic heterocycles. The van der Waals surface area contributed by atoms with Gasteiger partial charge in [0, 0.05) is 19.1 Å². The van der Waals surface area contributed by atoms with E-state index in [0.717, 1.165) is 37.9 Å². The van der Waals surface area contributed by atoms with Gasteiger partial charge in [-0.3, -0.25) is 0 Å². The summed E-state index contributed by atoms with van der Waals surface area (Å²) in [6.45, 7) is 8.63. The van der Waals surface area contributed by atoms with Crippen molar-refractivity contribution in [3.63, 3.8) is 0 Å². The highest BCUT2D eigenvalue weighted by Crippen LogP contribution is 2.33. The highest BCUT2D eigenvalue weighted by molar-refractivity contribution is 5.28. The van der Waals surface area contributed by atoms with Gasteiger partial charge in [-0.15, -0.1) is 0 Å². The van der Waals surface area contributed by atoms with E-state index in [2.05, 4.69) is 49.9 Å². The van der Waals surface area contributed by atoms with Crippen molar-refractivity contribution < 1.29 is 5.11 Å². The number of aliphatic hydroxyl groups is 1. The van der Waals surface area contributed by atoms with Crippen LogP contribution in [0.3, 0.4) is 0 Å². The first-order valence-corrected chi connectivity index (χ1v) is 7.61. The van der Waals surface area contributed by atoms with E-state index in [1.807, 2.05) is 0 Å². The first-order valence-electron chi connectivity index (χ1n) is 7.61. The summed E-state index contributed by atoms with van der Waals surface area (Å²) in [7, 11) is 0. The first-order chi connectivity index (χ1) is 9.05. The fraction of sp³-hybridized carbons (Fsp3) is 0.647. The number of hydrogen-bond donors (Lipinski definition) is 1. The molecule has 0 saturated carbocycles. The molecule has 2 nitrogen and oxygen atoms in total. The summed E-state index contributed by atoms with van der Waals surface area (Å²) < 4.78 is 0. The molecule has 0 spiro atoms. The van der Waals surface area contributed by atoms with Crippen LogP contribution in [0.1, 0.15) is 51.2 Å². The van der Waals surface area contributed by atoms with E-state index in [9.17, 15) is 5.11 Å². The molecule has 106 valence electrons. The molecule has 1 fully saturated rings. The van der Waals surface area contributed by atoms with E-state index in [1.54, 1.807) is 0 Å². The van der Waals surface area contributed by atoms with Gasteiger partial charge < -0.3 is 10.0 Å². The van der Waals surface area contributed by atoms with Crippen LogP contribution < -0.4 is 0 Å². The van der Waals surface area contributed by atoms with Gasteiger partial charge in [-0.05, 0) is 44.2 Å². The maximum absolute atomic E-state index is 10.8. The summed E-state index contributed by atoms with van der Waals surface area (Å²) in [5.74, 6) is 0. The SMILES string of the molecule is CCCc1ccc(C2(O)CCN(C(C)C)CC2)cc1. The molecule has 1 aromatic rings. The summed E-state index contributed by atoms with van der Waals surface area (Å²) in [4.78, 5) is 2.44. The smallest absolute Gasteiger partial charge is 0.0920 e. The van der Waals surface area contributed by atoms with Crippen LogP contribution in [0.5, 0.6) is 0 Å². The lowest BCUT2D eigenvalue weighted by Crippen LogP contribution is -2.45. The van der Waals surface area contributed by atoms with E-state index in [1.165, 1.54) is 12.0 Å². The van der Waals surface area contributed by atoms with Crippen LogP contribution in [0, 0.1) is 0 Å². The number of piperidine rings is 1. The van der Waals surface area contributed by atoms with E-state index >= 15 is 0 Å². The van der Waals surface area contributed by atoms with Crippen LogP contribution in [0.2, 0.25) is 0 Å². The molecule has 0 amide bonds. The Bertz CT molecular complexity index is 388. The van der Waals surface area contributed by atoms with Crippen molar-refractivity contribution in [2.45, 2.75) is 58.1 Å². The zero-order chi connectivity index (χ0) is 13.9. The van der Waals surface area contributed by atoms with Crippen molar-refractivity contribution in [3.05, 3.63) is 35.4 Å². The molecule has 1 aliphatic rings. The minimum Gasteiger partial charge on any atom is -0.385 e. The maximum Gasteiger partial charge on any atom is 0.0920 e. The standard InChI is InChI=1S/C17H27NO/c1-4-5-15-6-8-16(9-7-15)17(19)10-12-18(13-11-17)14(2)3/h6-9,14,19H,4-5,10-13H2,1-3H3. The quantitative estimate of drug-likeness (QED) is 0.898. The van der Waals surface area contributed by atoms with Crippen molar-refractivity contribution >= 4 is 0 Å². The topological polar surface area (TPSA) is 23.5 Å². The van der Waals surface area contributed by atoms with Crippen molar-refractivity contribution in [2.75, 3.05) is 13.1 Å². The first kappa shape index (κ1) is 14.5. The molecule has 1 heterocycles. The van der Waals surface area contributed by atoms with Crippen LogP contribution in [0.4, 0.5) is 0 Å². The van der Waals surface area contributed by atoms with Crippen LogP contribution in [0.15, 0.2) is 24.3 Å². The fourth-order valence-corrected chi connectivity index (χ4v) is 2.97. The van der Waals surface area contributed by atoms with Gasteiger partial charge in [0.2, 0.25) is 0 Å². The van der Waals surface area contributed by atoms with Gasteiger partial charge in [-0.1, -0.05) is 37.6 Å². The second-order valence-electron chi connectivity index (χ2n) is 6.11. The summed E-state index contributed by atoms with van der Waals surface area (Å²) in [5, 5.41) is 10.8. The third-order valence-electron chi connectivity index (χ3n) is 4.39. The normalized spacial score (nSPS) is 19.8. The van der Waals surface area contributed by atoms with E-state index in [0.29, 0.717) is 6.04 Å². The van der Waals surface area contributed by atoms with E-state index < -0.39 is 5.60 Å². The predicted octanol–water partition coefficient (Wildman–Crippen LogP) is 3.33. The van der Waals surface area contributed by atoms with Crippen molar-refractivity contribution in [1.82, 2.24) is 4.90 Å². The highest BCUT2D eigenvalue weighted by Gasteiger charge is 2.34. The summed E-state index contributed by atoms with van der Waals surface area (Å²) in [6, 6.07) is 9.17. The Hall–Kier alpha value is -0.860. The number of rotatable bonds is 4. The molecule has 0 bridgehead atoms. The number of benzene rings is 1. The number of aryl methyl sites for hydroxylation is 1. The molecule has 1 aromatic carbocycles. The molecule has 0 unspecified atom stereocenters. The molecule has 0 atom stereocenters. The van der Waals surface area contributed by atoms with Crippen LogP contribution in [0.25, 0.3) is 0 Å². The minimum absolute atomic E-state index is 0.580. The lowest BCUT2D eigenvalue weighted by molar-refractivity contribution is -0.0323. The lowest BCUT2D eigenvalue weighted by atomic mass is 9.83. The monoisotopic (exact) mass is 261 g/mol. The Morgan fingerprint density at radius 3 is 2.21 bits per heavy atom. The van der Waals surface area contributed by atoms with Gasteiger partial charge in [-0.25, -0.2) is 0 Å². The van der Waals surface area contributed by atoms with Gasteiger partial charge in [-0.2, -0.15) is 0 Å². The molecule has 0 aliphatic carbocycles. The van der Waals surface area contributed by atoms with Crippen LogP contribution >= 0.6 is 0 Å². The Morgan fingerprint density at radius 1 is 1.16 bits per heavy atom. The molecule has 1 N–H and O–H groups in total. The lowest BCUT2D eigenvalue weighted by Gasteiger charge is -2.40. The fourth-order valence-electron chi connectivity index (χ4n) is 2.97. The molecule has 0 aromatic heterocycles. The summed E-state index contributed by atoms with van der Waals surface area (Å²) in [6.07, 6.45) is 3.99. The van der Waals surface area contributed by atoms with Gasteiger partial charge >= 0.3 is 0 Å². The molecule has 0 radical (unpaired) electrons. The average molecular weight is 261 g/mol.